The average molecular weight is 210 g/mol. The summed E-state index contributed by atoms with van der Waals surface area (Å²) < 4.78 is 10.4. The van der Waals surface area contributed by atoms with Gasteiger partial charge in [-0.3, -0.25) is 0 Å². The smallest absolute Gasteiger partial charge is 0.339 e. The molecule has 0 unspecified atom stereocenters. The SMILES string of the molecule is C/C=C/[C@H]1O[C@H](C(=O)OC)C(C)=C[C@@H]1C. The highest BCUT2D eigenvalue weighted by Crippen LogP contribution is 2.25. The number of carbonyl (C=O) groups excluding carboxylic acids is 1. The lowest BCUT2D eigenvalue weighted by Crippen LogP contribution is -2.37. The van der Waals surface area contributed by atoms with Crippen molar-refractivity contribution in [2.75, 3.05) is 7.11 Å². The predicted octanol–water partition coefficient (Wildman–Crippen LogP) is 2.09. The molecule has 15 heavy (non-hydrogen) atoms. The first-order chi connectivity index (χ1) is 7.10. The molecule has 1 heterocycles. The largest absolute Gasteiger partial charge is 0.467 e. The van der Waals surface area contributed by atoms with E-state index in [1.54, 1.807) is 0 Å². The van der Waals surface area contributed by atoms with Gasteiger partial charge < -0.3 is 9.47 Å². The number of hydrogen-bond donors (Lipinski definition) is 0. The first kappa shape index (κ1) is 12.0. The highest BCUT2D eigenvalue weighted by Gasteiger charge is 2.31. The second-order valence-electron chi connectivity index (χ2n) is 3.80. The van der Waals surface area contributed by atoms with Crippen LogP contribution in [0.5, 0.6) is 0 Å². The summed E-state index contributed by atoms with van der Waals surface area (Å²) in [6.07, 6.45) is 5.37. The minimum atomic E-state index is -0.549. The van der Waals surface area contributed by atoms with Crippen molar-refractivity contribution in [1.29, 1.82) is 0 Å². The first-order valence-electron chi connectivity index (χ1n) is 5.14. The van der Waals surface area contributed by atoms with E-state index in [0.717, 1.165) is 5.57 Å². The highest BCUT2D eigenvalue weighted by molar-refractivity contribution is 5.78. The average Bonchev–Trinajstić information content (AvgIpc) is 2.21. The summed E-state index contributed by atoms with van der Waals surface area (Å²) in [5.41, 5.74) is 0.926. The summed E-state index contributed by atoms with van der Waals surface area (Å²) >= 11 is 0. The lowest BCUT2D eigenvalue weighted by atomic mass is 9.95. The molecule has 0 aliphatic carbocycles. The third kappa shape index (κ3) is 2.69. The van der Waals surface area contributed by atoms with E-state index in [2.05, 4.69) is 13.0 Å². The van der Waals surface area contributed by atoms with Gasteiger partial charge in [-0.05, 0) is 19.4 Å². The van der Waals surface area contributed by atoms with Crippen molar-refractivity contribution in [2.24, 2.45) is 5.92 Å². The van der Waals surface area contributed by atoms with Gasteiger partial charge in [-0.15, -0.1) is 0 Å². The van der Waals surface area contributed by atoms with Crippen LogP contribution >= 0.6 is 0 Å². The molecule has 1 aliphatic heterocycles. The van der Waals surface area contributed by atoms with Gasteiger partial charge in [0.2, 0.25) is 0 Å². The number of esters is 1. The van der Waals surface area contributed by atoms with Crippen LogP contribution in [0.2, 0.25) is 0 Å². The Labute approximate surface area is 90.8 Å². The monoisotopic (exact) mass is 210 g/mol. The molecule has 1 aliphatic rings. The Morgan fingerprint density at radius 2 is 2.27 bits per heavy atom. The molecule has 0 radical (unpaired) electrons. The molecule has 0 fully saturated rings. The van der Waals surface area contributed by atoms with Crippen molar-refractivity contribution < 1.29 is 14.3 Å². The van der Waals surface area contributed by atoms with Crippen LogP contribution in [0, 0.1) is 5.92 Å². The van der Waals surface area contributed by atoms with Crippen LogP contribution in [0.1, 0.15) is 20.8 Å². The van der Waals surface area contributed by atoms with E-state index in [1.807, 2.05) is 26.0 Å². The molecular weight excluding hydrogens is 192 g/mol. The molecule has 0 aromatic carbocycles. The quantitative estimate of drug-likeness (QED) is 0.517. The fourth-order valence-corrected chi connectivity index (χ4v) is 1.74. The van der Waals surface area contributed by atoms with Crippen LogP contribution in [-0.2, 0) is 14.3 Å². The van der Waals surface area contributed by atoms with Crippen molar-refractivity contribution >= 4 is 5.97 Å². The number of rotatable bonds is 2. The van der Waals surface area contributed by atoms with E-state index in [-0.39, 0.29) is 12.1 Å². The minimum Gasteiger partial charge on any atom is -0.467 e. The van der Waals surface area contributed by atoms with E-state index in [1.165, 1.54) is 7.11 Å². The molecule has 0 amide bonds. The third-order valence-electron chi connectivity index (χ3n) is 2.55. The molecule has 0 saturated carbocycles. The molecule has 0 bridgehead atoms. The summed E-state index contributed by atoms with van der Waals surface area (Å²) in [6, 6.07) is 0. The number of allylic oxidation sites excluding steroid dienone is 1. The van der Waals surface area contributed by atoms with Crippen molar-refractivity contribution in [3.63, 3.8) is 0 Å². The fraction of sp³-hybridized carbons (Fsp3) is 0.583. The Morgan fingerprint density at radius 1 is 1.60 bits per heavy atom. The zero-order valence-electron chi connectivity index (χ0n) is 9.69. The highest BCUT2D eigenvalue weighted by atomic mass is 16.6. The van der Waals surface area contributed by atoms with Gasteiger partial charge in [0, 0.05) is 5.92 Å². The van der Waals surface area contributed by atoms with Crippen LogP contribution < -0.4 is 0 Å². The molecule has 0 N–H and O–H groups in total. The zero-order chi connectivity index (χ0) is 11.4. The minimum absolute atomic E-state index is 0.0391. The van der Waals surface area contributed by atoms with Crippen LogP contribution in [-0.4, -0.2) is 25.3 Å². The Morgan fingerprint density at radius 3 is 2.80 bits per heavy atom. The standard InChI is InChI=1S/C12H18O3/c1-5-6-10-8(2)7-9(3)11(15-10)12(13)14-4/h5-8,10-11H,1-4H3/b6-5+/t8-,10+,11-/m0/s1. The maximum Gasteiger partial charge on any atom is 0.339 e. The molecule has 3 nitrogen and oxygen atoms in total. The number of methoxy groups -OCH3 is 1. The predicted molar refractivity (Wildman–Crippen MR) is 58.4 cm³/mol. The molecule has 3 heteroatoms. The van der Waals surface area contributed by atoms with Gasteiger partial charge in [0.25, 0.3) is 0 Å². The number of carbonyl (C=O) groups is 1. The molecule has 0 saturated heterocycles. The summed E-state index contributed by atoms with van der Waals surface area (Å²) in [6.45, 7) is 5.90. The van der Waals surface area contributed by atoms with Gasteiger partial charge in [0.05, 0.1) is 13.2 Å². The van der Waals surface area contributed by atoms with Crippen LogP contribution in [0.25, 0.3) is 0 Å². The van der Waals surface area contributed by atoms with Crippen LogP contribution in [0.4, 0.5) is 0 Å². The van der Waals surface area contributed by atoms with Crippen molar-refractivity contribution in [2.45, 2.75) is 33.0 Å². The van der Waals surface area contributed by atoms with Gasteiger partial charge in [-0.1, -0.05) is 25.2 Å². The maximum atomic E-state index is 11.4. The summed E-state index contributed by atoms with van der Waals surface area (Å²) in [7, 11) is 1.38. The van der Waals surface area contributed by atoms with E-state index < -0.39 is 6.10 Å². The molecule has 3 atom stereocenters. The summed E-state index contributed by atoms with van der Waals surface area (Å²) in [4.78, 5) is 11.4. The van der Waals surface area contributed by atoms with Gasteiger partial charge in [-0.25, -0.2) is 4.79 Å². The van der Waals surface area contributed by atoms with E-state index in [9.17, 15) is 4.79 Å². The zero-order valence-corrected chi connectivity index (χ0v) is 9.69. The Bertz CT molecular complexity index is 291. The normalized spacial score (nSPS) is 31.5. The second kappa shape index (κ2) is 5.12. The van der Waals surface area contributed by atoms with E-state index >= 15 is 0 Å². The topological polar surface area (TPSA) is 35.5 Å². The van der Waals surface area contributed by atoms with Gasteiger partial charge in [-0.2, -0.15) is 0 Å². The summed E-state index contributed by atoms with van der Waals surface area (Å²) in [5, 5.41) is 0. The van der Waals surface area contributed by atoms with Gasteiger partial charge in [0.15, 0.2) is 6.10 Å². The Balaban J connectivity index is 2.84. The summed E-state index contributed by atoms with van der Waals surface area (Å²) in [5.74, 6) is -0.0349. The van der Waals surface area contributed by atoms with Crippen molar-refractivity contribution in [3.05, 3.63) is 23.8 Å². The molecule has 0 aromatic heterocycles. The van der Waals surface area contributed by atoms with E-state index in [0.29, 0.717) is 5.92 Å². The van der Waals surface area contributed by atoms with Gasteiger partial charge >= 0.3 is 5.97 Å². The number of hydrogen-bond acceptors (Lipinski definition) is 3. The lowest BCUT2D eigenvalue weighted by Gasteiger charge is -2.30. The van der Waals surface area contributed by atoms with E-state index in [4.69, 9.17) is 9.47 Å². The Hall–Kier alpha value is -1.09. The van der Waals surface area contributed by atoms with Crippen molar-refractivity contribution in [1.82, 2.24) is 0 Å². The second-order valence-corrected chi connectivity index (χ2v) is 3.80. The molecule has 1 rings (SSSR count). The van der Waals surface area contributed by atoms with Crippen molar-refractivity contribution in [3.8, 4) is 0 Å². The molecule has 84 valence electrons. The lowest BCUT2D eigenvalue weighted by molar-refractivity contribution is -0.155. The molecule has 0 aromatic rings. The third-order valence-corrected chi connectivity index (χ3v) is 2.55. The fourth-order valence-electron chi connectivity index (χ4n) is 1.74. The maximum absolute atomic E-state index is 11.4. The van der Waals surface area contributed by atoms with Crippen LogP contribution in [0.3, 0.4) is 0 Å². The first-order valence-corrected chi connectivity index (χ1v) is 5.14. The Kier molecular flexibility index (Phi) is 4.09. The molecule has 0 spiro atoms. The van der Waals surface area contributed by atoms with Crippen LogP contribution in [0.15, 0.2) is 23.8 Å². The number of ether oxygens (including phenoxy) is 2. The van der Waals surface area contributed by atoms with Gasteiger partial charge in [0.1, 0.15) is 0 Å². The molecular formula is C12H18O3.